The Kier molecular flexibility index (Phi) is 6.26. The van der Waals surface area contributed by atoms with Crippen LogP contribution in [0, 0.1) is 0 Å². The summed E-state index contributed by atoms with van der Waals surface area (Å²) in [5, 5.41) is 0. The molecule has 0 aliphatic rings. The van der Waals surface area contributed by atoms with Crippen molar-refractivity contribution in [3.05, 3.63) is 49.2 Å². The molecule has 2 N–H and O–H groups in total. The van der Waals surface area contributed by atoms with E-state index in [1.807, 2.05) is 36.4 Å². The molecule has 1 amide bonds. The molecule has 0 bridgehead atoms. The lowest BCUT2D eigenvalue weighted by atomic mass is 10.4. The van der Waals surface area contributed by atoms with Crippen LogP contribution in [0.5, 0.6) is 0 Å². The van der Waals surface area contributed by atoms with Crippen LogP contribution < -0.4 is 5.73 Å². The lowest BCUT2D eigenvalue weighted by Gasteiger charge is -1.83. The minimum atomic E-state index is -0.829. The first-order valence-corrected chi connectivity index (χ1v) is 3.34. The third-order valence-electron chi connectivity index (χ3n) is 0.866. The van der Waals surface area contributed by atoms with E-state index in [9.17, 15) is 4.79 Å². The van der Waals surface area contributed by atoms with Gasteiger partial charge in [-0.1, -0.05) is 43.0 Å². The lowest BCUT2D eigenvalue weighted by molar-refractivity contribution is 0.196. The first kappa shape index (κ1) is 10.2. The topological polar surface area (TPSA) is 52.3 Å². The van der Waals surface area contributed by atoms with Gasteiger partial charge in [0, 0.05) is 0 Å². The molecule has 64 valence electrons. The fraction of sp³-hybridized carbons (Fsp3) is 0. The van der Waals surface area contributed by atoms with Crippen molar-refractivity contribution >= 4 is 6.09 Å². The fourth-order valence-corrected chi connectivity index (χ4v) is 0.467. The monoisotopic (exact) mass is 165 g/mol. The second-order valence-electron chi connectivity index (χ2n) is 1.76. The van der Waals surface area contributed by atoms with Gasteiger partial charge in [-0.3, -0.25) is 0 Å². The normalized spacial score (nSPS) is 7.33. The molecule has 12 heavy (non-hydrogen) atoms. The predicted octanol–water partition coefficient (Wildman–Crippen LogP) is 1.91. The van der Waals surface area contributed by atoms with Crippen LogP contribution in [0.2, 0.25) is 0 Å². The molecule has 3 heteroatoms. The molecule has 0 saturated carbocycles. The summed E-state index contributed by atoms with van der Waals surface area (Å²) in [4.78, 5) is 9.53. The Morgan fingerprint density at radius 1 is 1.17 bits per heavy atom. The van der Waals surface area contributed by atoms with E-state index in [1.165, 1.54) is 0 Å². The van der Waals surface area contributed by atoms with E-state index in [1.54, 1.807) is 0 Å². The van der Waals surface area contributed by atoms with Gasteiger partial charge < -0.3 is 10.5 Å². The van der Waals surface area contributed by atoms with Crippen LogP contribution in [0.3, 0.4) is 0 Å². The van der Waals surface area contributed by atoms with Gasteiger partial charge in [0.25, 0.3) is 0 Å². The van der Waals surface area contributed by atoms with Crippen LogP contribution >= 0.6 is 0 Å². The number of hydrogen-bond donors (Lipinski definition) is 1. The molecule has 0 radical (unpaired) electrons. The zero-order chi connectivity index (χ0) is 9.23. The van der Waals surface area contributed by atoms with E-state index in [0.717, 1.165) is 6.26 Å². The number of hydrogen-bond acceptors (Lipinski definition) is 2. The molecular formula is C9H11NO2. The molecule has 0 spiro atoms. The van der Waals surface area contributed by atoms with Gasteiger partial charge in [0.1, 0.15) is 0 Å². The zero-order valence-electron chi connectivity index (χ0n) is 6.64. The third kappa shape index (κ3) is 8.23. The SMILES string of the molecule is C=COC(N)=O.c1ccccc1. The number of ether oxygens (including phenoxy) is 1. The smallest absolute Gasteiger partial charge is 0.409 e. The van der Waals surface area contributed by atoms with Gasteiger partial charge in [0.2, 0.25) is 0 Å². The van der Waals surface area contributed by atoms with Gasteiger partial charge in [-0.05, 0) is 0 Å². The van der Waals surface area contributed by atoms with Crippen LogP contribution in [-0.2, 0) is 4.74 Å². The molecule has 3 nitrogen and oxygen atoms in total. The zero-order valence-corrected chi connectivity index (χ0v) is 6.64. The molecule has 0 aliphatic carbocycles. The van der Waals surface area contributed by atoms with Crippen LogP contribution in [0.4, 0.5) is 4.79 Å². The highest BCUT2D eigenvalue weighted by Gasteiger charge is 1.79. The fourth-order valence-electron chi connectivity index (χ4n) is 0.467. The number of nitrogens with two attached hydrogens (primary N) is 1. The van der Waals surface area contributed by atoms with Crippen LogP contribution in [0.1, 0.15) is 0 Å². The van der Waals surface area contributed by atoms with E-state index >= 15 is 0 Å². The van der Waals surface area contributed by atoms with Gasteiger partial charge in [0.15, 0.2) is 0 Å². The summed E-state index contributed by atoms with van der Waals surface area (Å²) >= 11 is 0. The molecule has 0 saturated heterocycles. The largest absolute Gasteiger partial charge is 0.419 e. The second kappa shape index (κ2) is 7.34. The van der Waals surface area contributed by atoms with Crippen molar-refractivity contribution in [3.8, 4) is 0 Å². The maximum Gasteiger partial charge on any atom is 0.409 e. The molecule has 0 fully saturated rings. The van der Waals surface area contributed by atoms with Crippen molar-refractivity contribution in [2.45, 2.75) is 0 Å². The average molecular weight is 165 g/mol. The minimum absolute atomic E-state index is 0.829. The summed E-state index contributed by atoms with van der Waals surface area (Å²) in [6.45, 7) is 3.08. The van der Waals surface area contributed by atoms with Gasteiger partial charge in [-0.2, -0.15) is 0 Å². The molecule has 1 rings (SSSR count). The molecule has 0 unspecified atom stereocenters. The maximum absolute atomic E-state index is 9.53. The second-order valence-corrected chi connectivity index (χ2v) is 1.76. The molecule has 1 aromatic carbocycles. The standard InChI is InChI=1S/C6H6.C3H5NO2/c1-2-4-6-5-3-1;1-2-6-3(4)5/h1-6H;2H,1H2,(H2,4,5). The number of carbonyl (C=O) groups excluding carboxylic acids is 1. The minimum Gasteiger partial charge on any atom is -0.419 e. The third-order valence-corrected chi connectivity index (χ3v) is 0.866. The Morgan fingerprint density at radius 3 is 1.58 bits per heavy atom. The van der Waals surface area contributed by atoms with E-state index in [0.29, 0.717) is 0 Å². The van der Waals surface area contributed by atoms with Crippen molar-refractivity contribution in [2.75, 3.05) is 0 Å². The van der Waals surface area contributed by atoms with Crippen molar-refractivity contribution in [1.82, 2.24) is 0 Å². The summed E-state index contributed by atoms with van der Waals surface area (Å²) in [5.74, 6) is 0. The van der Waals surface area contributed by atoms with Gasteiger partial charge in [-0.15, -0.1) is 0 Å². The molecule has 0 heterocycles. The van der Waals surface area contributed by atoms with Crippen LogP contribution in [0.25, 0.3) is 0 Å². The van der Waals surface area contributed by atoms with Crippen molar-refractivity contribution in [1.29, 1.82) is 0 Å². The highest BCUT2D eigenvalue weighted by Crippen LogP contribution is 1.79. The Hall–Kier alpha value is -1.77. The Labute approximate surface area is 71.5 Å². The molecule has 0 aliphatic heterocycles. The predicted molar refractivity (Wildman–Crippen MR) is 47.3 cm³/mol. The van der Waals surface area contributed by atoms with Crippen molar-refractivity contribution < 1.29 is 9.53 Å². The number of rotatable bonds is 1. The molecule has 1 aromatic rings. The van der Waals surface area contributed by atoms with E-state index in [4.69, 9.17) is 0 Å². The summed E-state index contributed by atoms with van der Waals surface area (Å²) in [7, 11) is 0. The highest BCUT2D eigenvalue weighted by atomic mass is 16.5. The summed E-state index contributed by atoms with van der Waals surface area (Å²) in [6, 6.07) is 12.0. The summed E-state index contributed by atoms with van der Waals surface area (Å²) in [5.41, 5.74) is 4.47. The van der Waals surface area contributed by atoms with E-state index in [2.05, 4.69) is 17.0 Å². The van der Waals surface area contributed by atoms with E-state index in [-0.39, 0.29) is 0 Å². The van der Waals surface area contributed by atoms with Crippen molar-refractivity contribution in [2.24, 2.45) is 5.73 Å². The van der Waals surface area contributed by atoms with Crippen LogP contribution in [0.15, 0.2) is 49.2 Å². The summed E-state index contributed by atoms with van der Waals surface area (Å²) < 4.78 is 3.94. The number of benzene rings is 1. The first-order chi connectivity index (χ1) is 5.77. The maximum atomic E-state index is 9.53. The Morgan fingerprint density at radius 2 is 1.50 bits per heavy atom. The Bertz CT molecular complexity index is 195. The number of primary amides is 1. The molecular weight excluding hydrogens is 154 g/mol. The number of carbonyl (C=O) groups is 1. The van der Waals surface area contributed by atoms with Gasteiger partial charge in [-0.25, -0.2) is 4.79 Å². The quantitative estimate of drug-likeness (QED) is 0.646. The van der Waals surface area contributed by atoms with Crippen molar-refractivity contribution in [3.63, 3.8) is 0 Å². The molecule has 0 atom stereocenters. The highest BCUT2D eigenvalue weighted by molar-refractivity contribution is 5.65. The van der Waals surface area contributed by atoms with Crippen LogP contribution in [-0.4, -0.2) is 6.09 Å². The first-order valence-electron chi connectivity index (χ1n) is 3.34. The molecule has 0 aromatic heterocycles. The van der Waals surface area contributed by atoms with E-state index < -0.39 is 6.09 Å². The summed E-state index contributed by atoms with van der Waals surface area (Å²) in [6.07, 6.45) is 0.146. The average Bonchev–Trinajstić information content (AvgIpc) is 2.08. The van der Waals surface area contributed by atoms with Gasteiger partial charge in [0.05, 0.1) is 6.26 Å². The number of amides is 1. The van der Waals surface area contributed by atoms with Gasteiger partial charge >= 0.3 is 6.09 Å². The Balaban J connectivity index is 0.000000202. The lowest BCUT2D eigenvalue weighted by Crippen LogP contribution is -2.08.